The first-order chi connectivity index (χ1) is 8.07. The van der Waals surface area contributed by atoms with Gasteiger partial charge in [0.1, 0.15) is 0 Å². The fourth-order valence-corrected chi connectivity index (χ4v) is 5.33. The smallest absolute Gasteiger partial charge is 0.212 e. The van der Waals surface area contributed by atoms with E-state index in [1.807, 2.05) is 13.8 Å². The first-order valence-electron chi connectivity index (χ1n) is 6.64. The van der Waals surface area contributed by atoms with Crippen molar-refractivity contribution in [2.75, 3.05) is 12.4 Å². The summed E-state index contributed by atoms with van der Waals surface area (Å²) in [6, 6.07) is 0.111. The molecule has 0 amide bonds. The highest BCUT2D eigenvalue weighted by atomic mass is 35.5. The molecule has 0 atom stereocenters. The van der Waals surface area contributed by atoms with Gasteiger partial charge in [0, 0.05) is 18.5 Å². The second-order valence-corrected chi connectivity index (χ2v) is 7.27. The Balaban J connectivity index is 2.87. The minimum Gasteiger partial charge on any atom is -0.212 e. The van der Waals surface area contributed by atoms with Gasteiger partial charge in [-0.05, 0) is 25.7 Å². The predicted octanol–water partition coefficient (Wildman–Crippen LogP) is 2.99. The highest BCUT2D eigenvalue weighted by Crippen LogP contribution is 2.29. The van der Waals surface area contributed by atoms with E-state index < -0.39 is 10.0 Å². The van der Waals surface area contributed by atoms with E-state index in [-0.39, 0.29) is 11.3 Å². The Labute approximate surface area is 111 Å². The number of halogens is 1. The third-order valence-corrected chi connectivity index (χ3v) is 6.32. The highest BCUT2D eigenvalue weighted by molar-refractivity contribution is 7.89. The van der Waals surface area contributed by atoms with E-state index in [0.717, 1.165) is 38.5 Å². The van der Waals surface area contributed by atoms with Gasteiger partial charge < -0.3 is 0 Å². The molecule has 1 fully saturated rings. The highest BCUT2D eigenvalue weighted by Gasteiger charge is 2.36. The molecule has 0 aromatic heterocycles. The Morgan fingerprint density at radius 3 is 2.18 bits per heavy atom. The SMILES string of the molecule is CCC(CC)N(CCCl)S(=O)(=O)C1CCCC1. The molecular weight excluding hydrogens is 258 g/mol. The molecule has 1 aliphatic rings. The fraction of sp³-hybridized carbons (Fsp3) is 1.00. The Bertz CT molecular complexity index is 308. The van der Waals surface area contributed by atoms with Crippen molar-refractivity contribution >= 4 is 21.6 Å². The maximum Gasteiger partial charge on any atom is 0.217 e. The average molecular weight is 282 g/mol. The van der Waals surface area contributed by atoms with E-state index in [1.165, 1.54) is 0 Å². The van der Waals surface area contributed by atoms with Crippen LogP contribution in [0.4, 0.5) is 0 Å². The second-order valence-electron chi connectivity index (χ2n) is 4.72. The van der Waals surface area contributed by atoms with Gasteiger partial charge in [0.25, 0.3) is 0 Å². The minimum atomic E-state index is -3.14. The van der Waals surface area contributed by atoms with Crippen LogP contribution in [0.15, 0.2) is 0 Å². The first kappa shape index (κ1) is 15.3. The van der Waals surface area contributed by atoms with Gasteiger partial charge in [-0.2, -0.15) is 4.31 Å². The molecule has 0 aromatic carbocycles. The van der Waals surface area contributed by atoms with Crippen LogP contribution in [0.1, 0.15) is 52.4 Å². The molecular formula is C12H24ClNO2S. The van der Waals surface area contributed by atoms with E-state index in [4.69, 9.17) is 11.6 Å². The van der Waals surface area contributed by atoms with E-state index in [0.29, 0.717) is 12.4 Å². The van der Waals surface area contributed by atoms with Gasteiger partial charge in [0.15, 0.2) is 0 Å². The standard InChI is InChI=1S/C12H24ClNO2S/c1-3-11(4-2)14(10-9-13)17(15,16)12-7-5-6-8-12/h11-12H,3-10H2,1-2H3. The van der Waals surface area contributed by atoms with Crippen molar-refractivity contribution in [1.82, 2.24) is 4.31 Å². The van der Waals surface area contributed by atoms with Crippen LogP contribution in [0, 0.1) is 0 Å². The quantitative estimate of drug-likeness (QED) is 0.673. The summed E-state index contributed by atoms with van der Waals surface area (Å²) in [5, 5.41) is -0.161. The van der Waals surface area contributed by atoms with Crippen LogP contribution in [0.5, 0.6) is 0 Å². The molecule has 0 aliphatic heterocycles. The Morgan fingerprint density at radius 2 is 1.76 bits per heavy atom. The molecule has 0 bridgehead atoms. The monoisotopic (exact) mass is 281 g/mol. The molecule has 0 spiro atoms. The van der Waals surface area contributed by atoms with E-state index in [2.05, 4.69) is 0 Å². The van der Waals surface area contributed by atoms with Crippen LogP contribution in [-0.2, 0) is 10.0 Å². The molecule has 3 nitrogen and oxygen atoms in total. The zero-order chi connectivity index (χ0) is 12.9. The molecule has 0 heterocycles. The molecule has 0 saturated heterocycles. The van der Waals surface area contributed by atoms with Crippen molar-refractivity contribution in [3.8, 4) is 0 Å². The van der Waals surface area contributed by atoms with Crippen LogP contribution in [0.2, 0.25) is 0 Å². The molecule has 5 heteroatoms. The third kappa shape index (κ3) is 3.58. The molecule has 0 unspecified atom stereocenters. The topological polar surface area (TPSA) is 37.4 Å². The molecule has 0 radical (unpaired) electrons. The van der Waals surface area contributed by atoms with Crippen LogP contribution in [0.25, 0.3) is 0 Å². The second kappa shape index (κ2) is 6.95. The van der Waals surface area contributed by atoms with Crippen molar-refractivity contribution < 1.29 is 8.42 Å². The van der Waals surface area contributed by atoms with Crippen LogP contribution in [0.3, 0.4) is 0 Å². The van der Waals surface area contributed by atoms with Gasteiger partial charge in [-0.15, -0.1) is 11.6 Å². The predicted molar refractivity (Wildman–Crippen MR) is 73.0 cm³/mol. The Kier molecular flexibility index (Phi) is 6.24. The molecule has 102 valence electrons. The summed E-state index contributed by atoms with van der Waals surface area (Å²) in [5.41, 5.74) is 0. The van der Waals surface area contributed by atoms with E-state index in [1.54, 1.807) is 4.31 Å². The maximum atomic E-state index is 12.5. The summed E-state index contributed by atoms with van der Waals surface area (Å²) in [4.78, 5) is 0. The van der Waals surface area contributed by atoms with E-state index in [9.17, 15) is 8.42 Å². The molecule has 1 saturated carbocycles. The van der Waals surface area contributed by atoms with Crippen LogP contribution >= 0.6 is 11.6 Å². The number of nitrogens with zero attached hydrogens (tertiary/aromatic N) is 1. The first-order valence-corrected chi connectivity index (χ1v) is 8.68. The van der Waals surface area contributed by atoms with Gasteiger partial charge in [0.2, 0.25) is 10.0 Å². The van der Waals surface area contributed by atoms with Gasteiger partial charge in [0.05, 0.1) is 5.25 Å². The minimum absolute atomic E-state index is 0.111. The van der Waals surface area contributed by atoms with Gasteiger partial charge in [-0.1, -0.05) is 26.7 Å². The van der Waals surface area contributed by atoms with Crippen molar-refractivity contribution in [2.45, 2.75) is 63.7 Å². The van der Waals surface area contributed by atoms with Crippen molar-refractivity contribution in [1.29, 1.82) is 0 Å². The molecule has 0 N–H and O–H groups in total. The largest absolute Gasteiger partial charge is 0.217 e. The lowest BCUT2D eigenvalue weighted by molar-refractivity contribution is 0.312. The summed E-state index contributed by atoms with van der Waals surface area (Å²) in [5.74, 6) is 0.377. The number of rotatable bonds is 7. The van der Waals surface area contributed by atoms with Crippen LogP contribution in [-0.4, -0.2) is 36.4 Å². The van der Waals surface area contributed by atoms with Gasteiger partial charge in [-0.3, -0.25) is 0 Å². The maximum absolute atomic E-state index is 12.5. The lowest BCUT2D eigenvalue weighted by atomic mass is 10.2. The lowest BCUT2D eigenvalue weighted by Crippen LogP contribution is -2.45. The summed E-state index contributed by atoms with van der Waals surface area (Å²) in [7, 11) is -3.14. The van der Waals surface area contributed by atoms with Crippen molar-refractivity contribution in [3.63, 3.8) is 0 Å². The van der Waals surface area contributed by atoms with Gasteiger partial charge >= 0.3 is 0 Å². The van der Waals surface area contributed by atoms with Crippen molar-refractivity contribution in [2.24, 2.45) is 0 Å². The summed E-state index contributed by atoms with van der Waals surface area (Å²) in [6.07, 6.45) is 5.45. The normalized spacial score (nSPS) is 18.4. The number of alkyl halides is 1. The molecule has 17 heavy (non-hydrogen) atoms. The zero-order valence-corrected chi connectivity index (χ0v) is 12.4. The van der Waals surface area contributed by atoms with E-state index >= 15 is 0 Å². The third-order valence-electron chi connectivity index (χ3n) is 3.70. The molecule has 1 rings (SSSR count). The van der Waals surface area contributed by atoms with Crippen molar-refractivity contribution in [3.05, 3.63) is 0 Å². The molecule has 1 aliphatic carbocycles. The number of sulfonamides is 1. The summed E-state index contributed by atoms with van der Waals surface area (Å²) >= 11 is 5.76. The van der Waals surface area contributed by atoms with Crippen LogP contribution < -0.4 is 0 Å². The average Bonchev–Trinajstić information content (AvgIpc) is 2.83. The number of hydrogen-bond acceptors (Lipinski definition) is 2. The lowest BCUT2D eigenvalue weighted by Gasteiger charge is -2.31. The molecule has 0 aromatic rings. The summed E-state index contributed by atoms with van der Waals surface area (Å²) < 4.78 is 26.8. The zero-order valence-electron chi connectivity index (χ0n) is 10.9. The Morgan fingerprint density at radius 1 is 1.24 bits per heavy atom. The fourth-order valence-electron chi connectivity index (χ4n) is 2.67. The number of hydrogen-bond donors (Lipinski definition) is 0. The Hall–Kier alpha value is 0.200. The summed E-state index contributed by atoms with van der Waals surface area (Å²) in [6.45, 7) is 4.53. The van der Waals surface area contributed by atoms with Gasteiger partial charge in [-0.25, -0.2) is 8.42 Å².